The van der Waals surface area contributed by atoms with E-state index in [4.69, 9.17) is 4.74 Å². The SMILES string of the molecule is CCOC(=O)C(C)SCC(C)C. The molecular weight excluding hydrogens is 172 g/mol. The molecule has 3 heteroatoms. The molecule has 0 spiro atoms. The summed E-state index contributed by atoms with van der Waals surface area (Å²) in [5.74, 6) is 1.55. The Morgan fingerprint density at radius 2 is 2.00 bits per heavy atom. The highest BCUT2D eigenvalue weighted by Gasteiger charge is 2.14. The van der Waals surface area contributed by atoms with Crippen molar-refractivity contribution in [3.05, 3.63) is 0 Å². The van der Waals surface area contributed by atoms with Crippen molar-refractivity contribution in [3.63, 3.8) is 0 Å². The van der Waals surface area contributed by atoms with Crippen molar-refractivity contribution >= 4 is 17.7 Å². The summed E-state index contributed by atoms with van der Waals surface area (Å²) in [4.78, 5) is 11.1. The Hall–Kier alpha value is -0.180. The first-order chi connectivity index (χ1) is 5.57. The summed E-state index contributed by atoms with van der Waals surface area (Å²) in [6.45, 7) is 8.49. The molecule has 72 valence electrons. The summed E-state index contributed by atoms with van der Waals surface area (Å²) < 4.78 is 4.88. The third-order valence-electron chi connectivity index (χ3n) is 1.30. The molecule has 1 atom stereocenters. The summed E-state index contributed by atoms with van der Waals surface area (Å²) in [5, 5.41) is -0.0210. The van der Waals surface area contributed by atoms with Crippen LogP contribution in [0.15, 0.2) is 0 Å². The van der Waals surface area contributed by atoms with E-state index in [-0.39, 0.29) is 11.2 Å². The van der Waals surface area contributed by atoms with Crippen LogP contribution < -0.4 is 0 Å². The summed E-state index contributed by atoms with van der Waals surface area (Å²) >= 11 is 1.66. The highest BCUT2D eigenvalue weighted by atomic mass is 32.2. The van der Waals surface area contributed by atoms with Crippen molar-refractivity contribution in [2.75, 3.05) is 12.4 Å². The predicted molar refractivity (Wildman–Crippen MR) is 53.4 cm³/mol. The van der Waals surface area contributed by atoms with E-state index in [1.165, 1.54) is 0 Å². The minimum absolute atomic E-state index is 0.0210. The van der Waals surface area contributed by atoms with E-state index in [1.807, 2.05) is 13.8 Å². The second-order valence-electron chi connectivity index (χ2n) is 3.12. The third kappa shape index (κ3) is 5.47. The molecule has 0 aromatic heterocycles. The van der Waals surface area contributed by atoms with E-state index >= 15 is 0 Å². The van der Waals surface area contributed by atoms with E-state index in [0.717, 1.165) is 5.75 Å². The van der Waals surface area contributed by atoms with Gasteiger partial charge >= 0.3 is 5.97 Å². The predicted octanol–water partition coefficient (Wildman–Crippen LogP) is 2.33. The molecule has 1 unspecified atom stereocenters. The van der Waals surface area contributed by atoms with Crippen LogP contribution in [0.1, 0.15) is 27.7 Å². The number of carbonyl (C=O) groups excluding carboxylic acids is 1. The van der Waals surface area contributed by atoms with Gasteiger partial charge in [0.2, 0.25) is 0 Å². The fraction of sp³-hybridized carbons (Fsp3) is 0.889. The number of hydrogen-bond acceptors (Lipinski definition) is 3. The molecule has 0 fully saturated rings. The van der Waals surface area contributed by atoms with Crippen molar-refractivity contribution in [3.8, 4) is 0 Å². The molecule has 0 aromatic rings. The van der Waals surface area contributed by atoms with Gasteiger partial charge in [-0.1, -0.05) is 13.8 Å². The maximum atomic E-state index is 11.1. The standard InChI is InChI=1S/C9H18O2S/c1-5-11-9(10)8(4)12-6-7(2)3/h7-8H,5-6H2,1-4H3. The summed E-state index contributed by atoms with van der Waals surface area (Å²) in [6, 6.07) is 0. The molecule has 0 bridgehead atoms. The lowest BCUT2D eigenvalue weighted by Gasteiger charge is -2.11. The Labute approximate surface area is 79.1 Å². The summed E-state index contributed by atoms with van der Waals surface area (Å²) in [6.07, 6.45) is 0. The Morgan fingerprint density at radius 3 is 2.42 bits per heavy atom. The van der Waals surface area contributed by atoms with Gasteiger partial charge in [-0.3, -0.25) is 4.79 Å². The van der Waals surface area contributed by atoms with Crippen LogP contribution in [0.25, 0.3) is 0 Å². The summed E-state index contributed by atoms with van der Waals surface area (Å²) in [5.41, 5.74) is 0. The van der Waals surface area contributed by atoms with Crippen LogP contribution in [0.4, 0.5) is 0 Å². The van der Waals surface area contributed by atoms with Crippen molar-refractivity contribution in [1.29, 1.82) is 0 Å². The Balaban J connectivity index is 3.56. The fourth-order valence-corrected chi connectivity index (χ4v) is 1.54. The van der Waals surface area contributed by atoms with Crippen molar-refractivity contribution in [1.82, 2.24) is 0 Å². The Morgan fingerprint density at radius 1 is 1.42 bits per heavy atom. The lowest BCUT2D eigenvalue weighted by molar-refractivity contribution is -0.142. The lowest BCUT2D eigenvalue weighted by atomic mass is 10.3. The zero-order valence-electron chi connectivity index (χ0n) is 8.29. The molecule has 2 nitrogen and oxygen atoms in total. The van der Waals surface area contributed by atoms with Gasteiger partial charge in [-0.05, 0) is 25.5 Å². The molecule has 0 N–H and O–H groups in total. The minimum atomic E-state index is -0.0943. The van der Waals surface area contributed by atoms with Gasteiger partial charge in [0.1, 0.15) is 0 Å². The Kier molecular flexibility index (Phi) is 6.25. The molecule has 0 heterocycles. The molecule has 0 aliphatic rings. The van der Waals surface area contributed by atoms with Gasteiger partial charge in [0.25, 0.3) is 0 Å². The maximum Gasteiger partial charge on any atom is 0.318 e. The quantitative estimate of drug-likeness (QED) is 0.622. The second-order valence-corrected chi connectivity index (χ2v) is 4.50. The molecule has 0 saturated heterocycles. The van der Waals surface area contributed by atoms with Crippen LogP contribution in [0.3, 0.4) is 0 Å². The normalized spacial score (nSPS) is 13.1. The van der Waals surface area contributed by atoms with Crippen molar-refractivity contribution in [2.24, 2.45) is 5.92 Å². The average molecular weight is 190 g/mol. The first kappa shape index (κ1) is 11.8. The number of thioether (sulfide) groups is 1. The zero-order chi connectivity index (χ0) is 9.56. The van der Waals surface area contributed by atoms with Gasteiger partial charge in [0.15, 0.2) is 0 Å². The van der Waals surface area contributed by atoms with Gasteiger partial charge in [-0.2, -0.15) is 0 Å². The third-order valence-corrected chi connectivity index (χ3v) is 2.85. The van der Waals surface area contributed by atoms with Gasteiger partial charge < -0.3 is 4.74 Å². The van der Waals surface area contributed by atoms with Gasteiger partial charge in [0.05, 0.1) is 11.9 Å². The second kappa shape index (κ2) is 6.35. The van der Waals surface area contributed by atoms with Gasteiger partial charge in [-0.15, -0.1) is 11.8 Å². The number of hydrogen-bond donors (Lipinski definition) is 0. The maximum absolute atomic E-state index is 11.1. The molecule has 12 heavy (non-hydrogen) atoms. The first-order valence-corrected chi connectivity index (χ1v) is 5.41. The molecule has 0 amide bonds. The highest BCUT2D eigenvalue weighted by molar-refractivity contribution is 8.00. The minimum Gasteiger partial charge on any atom is -0.465 e. The van der Waals surface area contributed by atoms with Crippen LogP contribution in [-0.2, 0) is 9.53 Å². The number of rotatable bonds is 5. The Bertz CT molecular complexity index is 134. The largest absolute Gasteiger partial charge is 0.465 e. The van der Waals surface area contributed by atoms with Gasteiger partial charge in [-0.25, -0.2) is 0 Å². The molecule has 0 aliphatic heterocycles. The molecule has 0 radical (unpaired) electrons. The molecule has 0 aromatic carbocycles. The van der Waals surface area contributed by atoms with Crippen molar-refractivity contribution in [2.45, 2.75) is 32.9 Å². The number of ether oxygens (including phenoxy) is 1. The van der Waals surface area contributed by atoms with E-state index in [1.54, 1.807) is 11.8 Å². The average Bonchev–Trinajstić information content (AvgIpc) is 2.00. The number of esters is 1. The first-order valence-electron chi connectivity index (χ1n) is 4.36. The van der Waals surface area contributed by atoms with Crippen LogP contribution >= 0.6 is 11.8 Å². The topological polar surface area (TPSA) is 26.3 Å². The monoisotopic (exact) mass is 190 g/mol. The van der Waals surface area contributed by atoms with E-state index in [2.05, 4.69) is 13.8 Å². The van der Waals surface area contributed by atoms with Gasteiger partial charge in [0, 0.05) is 0 Å². The molecule has 0 rings (SSSR count). The summed E-state index contributed by atoms with van der Waals surface area (Å²) in [7, 11) is 0. The number of carbonyl (C=O) groups is 1. The van der Waals surface area contributed by atoms with E-state index in [9.17, 15) is 4.79 Å². The van der Waals surface area contributed by atoms with E-state index in [0.29, 0.717) is 12.5 Å². The fourth-order valence-electron chi connectivity index (χ4n) is 0.664. The lowest BCUT2D eigenvalue weighted by Crippen LogP contribution is -2.17. The highest BCUT2D eigenvalue weighted by Crippen LogP contribution is 2.15. The molecular formula is C9H18O2S. The molecule has 0 aliphatic carbocycles. The van der Waals surface area contributed by atoms with Crippen LogP contribution in [0, 0.1) is 5.92 Å². The van der Waals surface area contributed by atoms with Crippen LogP contribution in [0.5, 0.6) is 0 Å². The van der Waals surface area contributed by atoms with E-state index < -0.39 is 0 Å². The van der Waals surface area contributed by atoms with Crippen molar-refractivity contribution < 1.29 is 9.53 Å². The van der Waals surface area contributed by atoms with Crippen LogP contribution in [-0.4, -0.2) is 23.6 Å². The molecule has 0 saturated carbocycles. The smallest absolute Gasteiger partial charge is 0.318 e. The van der Waals surface area contributed by atoms with Crippen LogP contribution in [0.2, 0.25) is 0 Å². The zero-order valence-corrected chi connectivity index (χ0v) is 9.11.